The third-order valence-electron chi connectivity index (χ3n) is 2.77. The van der Waals surface area contributed by atoms with Gasteiger partial charge >= 0.3 is 0 Å². The molecule has 1 N–H and O–H groups in total. The summed E-state index contributed by atoms with van der Waals surface area (Å²) < 4.78 is 10.7. The fourth-order valence-electron chi connectivity index (χ4n) is 1.93. The van der Waals surface area contributed by atoms with Crippen molar-refractivity contribution in [1.29, 1.82) is 0 Å². The maximum atomic E-state index is 5.39. The van der Waals surface area contributed by atoms with Crippen LogP contribution in [0.3, 0.4) is 0 Å². The lowest BCUT2D eigenvalue weighted by atomic mass is 10.2. The number of thiazole rings is 1. The Hall–Kier alpha value is -1.31. The summed E-state index contributed by atoms with van der Waals surface area (Å²) >= 11 is 1.57. The van der Waals surface area contributed by atoms with Gasteiger partial charge < -0.3 is 14.6 Å². The number of ether oxygens (including phenoxy) is 1. The first-order chi connectivity index (χ1) is 8.74. The molecule has 0 saturated carbocycles. The highest BCUT2D eigenvalue weighted by atomic mass is 32.1. The van der Waals surface area contributed by atoms with Crippen molar-refractivity contribution in [3.63, 3.8) is 0 Å². The van der Waals surface area contributed by atoms with E-state index in [9.17, 15) is 0 Å². The molecule has 0 aromatic carbocycles. The topological polar surface area (TPSA) is 73.1 Å². The molecule has 0 spiro atoms. The van der Waals surface area contributed by atoms with E-state index < -0.39 is 0 Å². The minimum absolute atomic E-state index is 0.0191. The molecule has 1 aliphatic rings. The molecule has 0 radical (unpaired) electrons. The van der Waals surface area contributed by atoms with Crippen LogP contribution >= 0.6 is 11.3 Å². The van der Waals surface area contributed by atoms with Crippen LogP contribution in [0.1, 0.15) is 22.6 Å². The summed E-state index contributed by atoms with van der Waals surface area (Å²) in [7, 11) is 0. The monoisotopic (exact) mass is 266 g/mol. The fraction of sp³-hybridized carbons (Fsp3) is 0.545. The summed E-state index contributed by atoms with van der Waals surface area (Å²) in [5.74, 6) is 1.19. The summed E-state index contributed by atoms with van der Waals surface area (Å²) in [6, 6.07) is 0.0191. The molecular weight excluding hydrogens is 252 g/mol. The minimum atomic E-state index is 0.0191. The van der Waals surface area contributed by atoms with Crippen molar-refractivity contribution in [3.8, 4) is 10.8 Å². The van der Waals surface area contributed by atoms with E-state index in [-0.39, 0.29) is 6.04 Å². The number of hydrogen-bond donors (Lipinski definition) is 1. The highest BCUT2D eigenvalue weighted by molar-refractivity contribution is 7.15. The molecular formula is C11H14N4O2S. The van der Waals surface area contributed by atoms with Gasteiger partial charge in [-0.15, -0.1) is 11.3 Å². The summed E-state index contributed by atoms with van der Waals surface area (Å²) in [6.45, 7) is 6.04. The molecule has 6 nitrogen and oxygen atoms in total. The lowest BCUT2D eigenvalue weighted by Crippen LogP contribution is -2.35. The third-order valence-corrected chi connectivity index (χ3v) is 3.83. The first kappa shape index (κ1) is 11.8. The van der Waals surface area contributed by atoms with Gasteiger partial charge in [0.1, 0.15) is 4.88 Å². The van der Waals surface area contributed by atoms with Crippen molar-refractivity contribution >= 4 is 11.3 Å². The molecule has 1 atom stereocenters. The van der Waals surface area contributed by atoms with Gasteiger partial charge in [-0.1, -0.05) is 5.16 Å². The SMILES string of the molecule is Cc1nc(C)c(-c2nc(C3COCCN3)no2)s1. The number of morpholine rings is 1. The highest BCUT2D eigenvalue weighted by Gasteiger charge is 2.22. The van der Waals surface area contributed by atoms with Crippen molar-refractivity contribution in [2.24, 2.45) is 0 Å². The molecule has 0 aliphatic carbocycles. The van der Waals surface area contributed by atoms with Crippen LogP contribution in [-0.4, -0.2) is 34.9 Å². The van der Waals surface area contributed by atoms with Gasteiger partial charge in [0.25, 0.3) is 5.89 Å². The fourth-order valence-corrected chi connectivity index (χ4v) is 2.77. The largest absolute Gasteiger partial charge is 0.378 e. The molecule has 2 aromatic heterocycles. The molecule has 0 bridgehead atoms. The maximum absolute atomic E-state index is 5.39. The summed E-state index contributed by atoms with van der Waals surface area (Å²) in [5.41, 5.74) is 0.931. The first-order valence-corrected chi connectivity index (χ1v) is 6.65. The van der Waals surface area contributed by atoms with E-state index in [0.29, 0.717) is 18.3 Å². The second-order valence-electron chi connectivity index (χ2n) is 4.19. The minimum Gasteiger partial charge on any atom is -0.378 e. The normalized spacial score (nSPS) is 20.2. The van der Waals surface area contributed by atoms with Crippen molar-refractivity contribution in [2.75, 3.05) is 19.8 Å². The van der Waals surface area contributed by atoms with Crippen LogP contribution < -0.4 is 5.32 Å². The maximum Gasteiger partial charge on any atom is 0.269 e. The number of rotatable bonds is 2. The zero-order chi connectivity index (χ0) is 12.5. The predicted octanol–water partition coefficient (Wildman–Crippen LogP) is 1.47. The van der Waals surface area contributed by atoms with Crippen LogP contribution in [0.25, 0.3) is 10.8 Å². The molecule has 3 rings (SSSR count). The van der Waals surface area contributed by atoms with Crippen LogP contribution in [0.15, 0.2) is 4.52 Å². The second kappa shape index (κ2) is 4.75. The van der Waals surface area contributed by atoms with Crippen LogP contribution in [0.4, 0.5) is 0 Å². The smallest absolute Gasteiger partial charge is 0.269 e. The number of aryl methyl sites for hydroxylation is 2. The second-order valence-corrected chi connectivity index (χ2v) is 5.39. The highest BCUT2D eigenvalue weighted by Crippen LogP contribution is 2.29. The summed E-state index contributed by atoms with van der Waals surface area (Å²) in [6.07, 6.45) is 0. The Morgan fingerprint density at radius 3 is 2.89 bits per heavy atom. The molecule has 2 aromatic rings. The van der Waals surface area contributed by atoms with Gasteiger partial charge in [0, 0.05) is 6.54 Å². The molecule has 1 unspecified atom stereocenters. The Balaban J connectivity index is 1.86. The average molecular weight is 266 g/mol. The molecule has 1 saturated heterocycles. The van der Waals surface area contributed by atoms with Crippen molar-refractivity contribution in [1.82, 2.24) is 20.4 Å². The third kappa shape index (κ3) is 2.16. The Labute approximate surface area is 108 Å². The first-order valence-electron chi connectivity index (χ1n) is 5.83. The predicted molar refractivity (Wildman–Crippen MR) is 66.4 cm³/mol. The molecule has 18 heavy (non-hydrogen) atoms. The Kier molecular flexibility index (Phi) is 3.11. The van der Waals surface area contributed by atoms with Crippen LogP contribution in [0.2, 0.25) is 0 Å². The molecule has 96 valence electrons. The van der Waals surface area contributed by atoms with E-state index in [1.54, 1.807) is 11.3 Å². The van der Waals surface area contributed by atoms with Gasteiger partial charge in [-0.25, -0.2) is 4.98 Å². The van der Waals surface area contributed by atoms with E-state index >= 15 is 0 Å². The Bertz CT molecular complexity index is 545. The number of nitrogens with one attached hydrogen (secondary N) is 1. The van der Waals surface area contributed by atoms with Crippen LogP contribution in [0, 0.1) is 13.8 Å². The van der Waals surface area contributed by atoms with E-state index in [1.807, 2.05) is 13.8 Å². The number of hydrogen-bond acceptors (Lipinski definition) is 7. The van der Waals surface area contributed by atoms with E-state index in [4.69, 9.17) is 9.26 Å². The average Bonchev–Trinajstić information content (AvgIpc) is 2.97. The van der Waals surface area contributed by atoms with Gasteiger partial charge in [0.2, 0.25) is 0 Å². The van der Waals surface area contributed by atoms with Gasteiger partial charge in [-0.05, 0) is 13.8 Å². The zero-order valence-corrected chi connectivity index (χ0v) is 11.1. The van der Waals surface area contributed by atoms with Gasteiger partial charge in [-0.2, -0.15) is 4.98 Å². The lowest BCUT2D eigenvalue weighted by molar-refractivity contribution is 0.0734. The van der Waals surface area contributed by atoms with Gasteiger partial charge in [0.15, 0.2) is 5.82 Å². The van der Waals surface area contributed by atoms with Crippen molar-refractivity contribution in [2.45, 2.75) is 19.9 Å². The molecule has 1 aliphatic heterocycles. The number of nitrogens with zero attached hydrogens (tertiary/aromatic N) is 3. The van der Waals surface area contributed by atoms with E-state index in [0.717, 1.165) is 28.7 Å². The Morgan fingerprint density at radius 2 is 2.22 bits per heavy atom. The summed E-state index contributed by atoms with van der Waals surface area (Å²) in [4.78, 5) is 9.74. The summed E-state index contributed by atoms with van der Waals surface area (Å²) in [5, 5.41) is 8.32. The molecule has 1 fully saturated rings. The van der Waals surface area contributed by atoms with Crippen LogP contribution in [-0.2, 0) is 4.74 Å². The molecule has 3 heterocycles. The van der Waals surface area contributed by atoms with Crippen LogP contribution in [0.5, 0.6) is 0 Å². The van der Waals surface area contributed by atoms with E-state index in [1.165, 1.54) is 0 Å². The Morgan fingerprint density at radius 1 is 1.33 bits per heavy atom. The standard InChI is InChI=1S/C11H14N4O2S/c1-6-9(18-7(2)13-6)11-14-10(15-17-11)8-5-16-4-3-12-8/h8,12H,3-5H2,1-2H3. The van der Waals surface area contributed by atoms with Gasteiger partial charge in [-0.3, -0.25) is 0 Å². The van der Waals surface area contributed by atoms with Crippen molar-refractivity contribution in [3.05, 3.63) is 16.5 Å². The van der Waals surface area contributed by atoms with Crippen molar-refractivity contribution < 1.29 is 9.26 Å². The zero-order valence-electron chi connectivity index (χ0n) is 10.3. The molecule has 7 heteroatoms. The molecule has 0 amide bonds. The quantitative estimate of drug-likeness (QED) is 0.887. The lowest BCUT2D eigenvalue weighted by Gasteiger charge is -2.20. The van der Waals surface area contributed by atoms with Gasteiger partial charge in [0.05, 0.1) is 30.0 Å². The van der Waals surface area contributed by atoms with E-state index in [2.05, 4.69) is 20.4 Å². The number of aromatic nitrogens is 3.